The molecule has 4 heteroatoms. The van der Waals surface area contributed by atoms with Gasteiger partial charge in [0, 0.05) is 55.5 Å². The highest BCUT2D eigenvalue weighted by Gasteiger charge is 2.41. The molecule has 0 unspecified atom stereocenters. The average molecular weight is 1080 g/mol. The molecular weight excluding hydrogens is 1030 g/mol. The van der Waals surface area contributed by atoms with Gasteiger partial charge >= 0.3 is 0 Å². The van der Waals surface area contributed by atoms with Gasteiger partial charge in [-0.3, -0.25) is 0 Å². The number of hydrogen-bond acceptors (Lipinski definition) is 3. The minimum Gasteiger partial charge on any atom is -0.310 e. The molecule has 14 aromatic carbocycles. The third kappa shape index (κ3) is 7.62. The zero-order valence-electron chi connectivity index (χ0n) is 47.0. The topological polar surface area (TPSA) is 34.0 Å². The molecule has 0 saturated carbocycles. The highest BCUT2D eigenvalue weighted by Crippen LogP contribution is 2.58. The molecule has 2 heterocycles. The van der Waals surface area contributed by atoms with Crippen molar-refractivity contribution < 1.29 is 0 Å². The van der Waals surface area contributed by atoms with Gasteiger partial charge in [-0.05, 0) is 148 Å². The maximum atomic E-state index is 5.38. The zero-order chi connectivity index (χ0) is 56.3. The summed E-state index contributed by atoms with van der Waals surface area (Å²) in [6.45, 7) is 4.92. The van der Waals surface area contributed by atoms with Gasteiger partial charge in [0.15, 0.2) is 5.82 Å². The molecule has 4 nitrogen and oxygen atoms in total. The van der Waals surface area contributed by atoms with Crippen LogP contribution in [0.15, 0.2) is 291 Å². The van der Waals surface area contributed by atoms with Gasteiger partial charge in [0.05, 0.1) is 28.1 Å². The molecule has 0 bridgehead atoms. The average Bonchev–Trinajstić information content (AvgIpc) is 1.55. The molecule has 85 heavy (non-hydrogen) atoms. The molecule has 16 aromatic rings. The number of hydrogen-bond donors (Lipinski definition) is 0. The van der Waals surface area contributed by atoms with E-state index in [1.165, 1.54) is 92.4 Å². The third-order valence-electron chi connectivity index (χ3n) is 18.1. The van der Waals surface area contributed by atoms with Crippen LogP contribution in [0, 0.1) is 0 Å². The van der Waals surface area contributed by atoms with Gasteiger partial charge in [0.25, 0.3) is 0 Å². The molecule has 0 spiro atoms. The summed E-state index contributed by atoms with van der Waals surface area (Å²) in [4.78, 5) is 13.2. The van der Waals surface area contributed by atoms with Gasteiger partial charge in [0.2, 0.25) is 0 Å². The molecule has 2 aromatic heterocycles. The van der Waals surface area contributed by atoms with Crippen molar-refractivity contribution in [2.75, 3.05) is 4.90 Å². The molecule has 1 aliphatic rings. The minimum absolute atomic E-state index is 0.441. The number of benzene rings is 14. The first-order chi connectivity index (χ1) is 41.9. The van der Waals surface area contributed by atoms with Crippen LogP contribution in [-0.2, 0) is 5.41 Å². The molecule has 17 rings (SSSR count). The fourth-order valence-corrected chi connectivity index (χ4v) is 14.2. The van der Waals surface area contributed by atoms with E-state index in [-0.39, 0.29) is 0 Å². The van der Waals surface area contributed by atoms with Gasteiger partial charge in [-0.25, -0.2) is 9.97 Å². The number of rotatable bonds is 8. The molecule has 398 valence electrons. The van der Waals surface area contributed by atoms with Crippen LogP contribution in [0.4, 0.5) is 17.1 Å². The molecule has 1 aliphatic carbocycles. The lowest BCUT2D eigenvalue weighted by Crippen LogP contribution is -2.17. The van der Waals surface area contributed by atoms with E-state index in [4.69, 9.17) is 9.97 Å². The normalized spacial score (nSPS) is 12.7. The van der Waals surface area contributed by atoms with Crippen LogP contribution in [0.2, 0.25) is 0 Å². The van der Waals surface area contributed by atoms with Crippen LogP contribution in [0.25, 0.3) is 138 Å². The van der Waals surface area contributed by atoms with E-state index < -0.39 is 5.41 Å². The first-order valence-electron chi connectivity index (χ1n) is 29.4. The van der Waals surface area contributed by atoms with E-state index in [1.54, 1.807) is 0 Å². The van der Waals surface area contributed by atoms with Gasteiger partial charge in [-0.15, -0.1) is 0 Å². The Hall–Kier alpha value is -10.9. The predicted molar refractivity (Wildman–Crippen MR) is 358 cm³/mol. The Bertz CT molecular complexity index is 5330. The summed E-state index contributed by atoms with van der Waals surface area (Å²) in [6.07, 6.45) is 0. The summed E-state index contributed by atoms with van der Waals surface area (Å²) < 4.78 is 2.57. The Morgan fingerprint density at radius 1 is 0.353 bits per heavy atom. The summed E-state index contributed by atoms with van der Waals surface area (Å²) in [5, 5.41) is 14.9. The smallest absolute Gasteiger partial charge is 0.160 e. The maximum absolute atomic E-state index is 5.38. The number of nitrogens with zero attached hydrogens (tertiary/aromatic N) is 4. The Labute approximate surface area is 492 Å². The van der Waals surface area contributed by atoms with Crippen molar-refractivity contribution in [1.82, 2.24) is 14.5 Å². The largest absolute Gasteiger partial charge is 0.310 e. The Morgan fingerprint density at radius 3 is 1.56 bits per heavy atom. The summed E-state index contributed by atoms with van der Waals surface area (Å²) in [5.41, 5.74) is 18.5. The molecule has 0 amide bonds. The second-order valence-corrected chi connectivity index (χ2v) is 23.2. The van der Waals surface area contributed by atoms with Crippen molar-refractivity contribution in [2.45, 2.75) is 19.3 Å². The lowest BCUT2D eigenvalue weighted by molar-refractivity contribution is 0.665. The number of fused-ring (bicyclic) bond motifs is 17. The van der Waals surface area contributed by atoms with Crippen LogP contribution in [0.5, 0.6) is 0 Å². The molecule has 0 N–H and O–H groups in total. The highest BCUT2D eigenvalue weighted by molar-refractivity contribution is 6.30. The van der Waals surface area contributed by atoms with Crippen LogP contribution >= 0.6 is 0 Å². The Morgan fingerprint density at radius 2 is 0.882 bits per heavy atom. The molecule has 0 fully saturated rings. The first kappa shape index (κ1) is 48.7. The lowest BCUT2D eigenvalue weighted by atomic mass is 9.79. The van der Waals surface area contributed by atoms with Gasteiger partial charge in [-0.1, -0.05) is 238 Å². The standard InChI is InChI=1S/C81H54N4/c1-81(2)71-49-68-64-37-17-15-35-62(64)61-34-14-16-36-63(61)67(68)48-69(71)76-65-38-18-19-39-66(65)77-70-47-59(84(58-42-41-51-23-12-13-30-55(51)45-58)74-40-21-20-33-60(74)52-24-6-3-7-25-52)43-44-75(70)85(79(77)78(76)81)57-32-22-31-56(46-57)80-82-72(53-26-8-4-9-27-53)50-73(83-80)54-28-10-5-11-29-54/h3-50H,1-2H3. The van der Waals surface area contributed by atoms with Crippen LogP contribution in [-0.4, -0.2) is 14.5 Å². The summed E-state index contributed by atoms with van der Waals surface area (Å²) >= 11 is 0. The van der Waals surface area contributed by atoms with Crippen molar-refractivity contribution in [3.63, 3.8) is 0 Å². The van der Waals surface area contributed by atoms with E-state index in [1.807, 2.05) is 0 Å². The first-order valence-corrected chi connectivity index (χ1v) is 29.4. The van der Waals surface area contributed by atoms with Crippen molar-refractivity contribution in [3.05, 3.63) is 302 Å². The second-order valence-electron chi connectivity index (χ2n) is 23.2. The maximum Gasteiger partial charge on any atom is 0.160 e. The summed E-state index contributed by atoms with van der Waals surface area (Å²) in [5.74, 6) is 0.669. The van der Waals surface area contributed by atoms with Gasteiger partial charge in [-0.2, -0.15) is 0 Å². The number of anilines is 3. The van der Waals surface area contributed by atoms with Gasteiger partial charge in [0.1, 0.15) is 0 Å². The monoisotopic (exact) mass is 1080 g/mol. The predicted octanol–water partition coefficient (Wildman–Crippen LogP) is 21.8. The molecule has 0 radical (unpaired) electrons. The van der Waals surface area contributed by atoms with Crippen molar-refractivity contribution in [1.29, 1.82) is 0 Å². The summed E-state index contributed by atoms with van der Waals surface area (Å²) in [6, 6.07) is 107. The van der Waals surface area contributed by atoms with Crippen molar-refractivity contribution in [2.24, 2.45) is 0 Å². The molecule has 0 atom stereocenters. The quantitative estimate of drug-likeness (QED) is 0.142. The lowest BCUT2D eigenvalue weighted by Gasteiger charge is -2.28. The number of para-hydroxylation sites is 1. The molecular formula is C81H54N4. The zero-order valence-corrected chi connectivity index (χ0v) is 47.0. The van der Waals surface area contributed by atoms with Crippen LogP contribution in [0.3, 0.4) is 0 Å². The number of aromatic nitrogens is 3. The van der Waals surface area contributed by atoms with E-state index in [2.05, 4.69) is 315 Å². The van der Waals surface area contributed by atoms with Crippen molar-refractivity contribution in [3.8, 4) is 61.8 Å². The fourth-order valence-electron chi connectivity index (χ4n) is 14.2. The second kappa shape index (κ2) is 19.1. The van der Waals surface area contributed by atoms with Gasteiger partial charge < -0.3 is 9.47 Å². The SMILES string of the molecule is CC1(C)c2cc3c4ccccc4c4ccccc4c3cc2-c2c1c1c(c3ccccc23)c2cc(N(c3ccc4ccccc4c3)c3ccccc3-c3ccccc3)ccc2n1-c1cccc(-c2nc(-c3ccccc3)cc(-c3ccccc3)n2)c1. The Balaban J connectivity index is 0.980. The fraction of sp³-hybridized carbons (Fsp3) is 0.0370. The third-order valence-corrected chi connectivity index (χ3v) is 18.1. The van der Waals surface area contributed by atoms with Crippen molar-refractivity contribution >= 4 is 92.7 Å². The Kier molecular flexibility index (Phi) is 10.9. The molecule has 0 aliphatic heterocycles. The highest BCUT2D eigenvalue weighted by atomic mass is 15.1. The van der Waals surface area contributed by atoms with Crippen LogP contribution in [0.1, 0.15) is 25.0 Å². The minimum atomic E-state index is -0.441. The van der Waals surface area contributed by atoms with E-state index in [0.29, 0.717) is 5.82 Å². The van der Waals surface area contributed by atoms with E-state index in [9.17, 15) is 0 Å². The van der Waals surface area contributed by atoms with E-state index in [0.717, 1.165) is 67.5 Å². The van der Waals surface area contributed by atoms with E-state index >= 15 is 0 Å². The van der Waals surface area contributed by atoms with Crippen LogP contribution < -0.4 is 4.90 Å². The summed E-state index contributed by atoms with van der Waals surface area (Å²) in [7, 11) is 0. The molecule has 0 saturated heterocycles.